The molecule has 0 radical (unpaired) electrons. The Morgan fingerprint density at radius 1 is 1.43 bits per heavy atom. The summed E-state index contributed by atoms with van der Waals surface area (Å²) >= 11 is 8.00. The van der Waals surface area contributed by atoms with E-state index < -0.39 is 47.5 Å². The van der Waals surface area contributed by atoms with Crippen LogP contribution in [0.25, 0.3) is 0 Å². The van der Waals surface area contributed by atoms with E-state index in [-0.39, 0.29) is 22.3 Å². The van der Waals surface area contributed by atoms with Crippen molar-refractivity contribution in [3.8, 4) is 0 Å². The average Bonchev–Trinajstić information content (AvgIpc) is 3.16. The third-order valence-electron chi connectivity index (χ3n) is 3.54. The zero-order chi connectivity index (χ0) is 20.4. The number of nitrogens with zero attached hydrogens (tertiary/aromatic N) is 4. The van der Waals surface area contributed by atoms with Crippen LogP contribution in [0.4, 0.5) is 0 Å². The zero-order valence-electron chi connectivity index (χ0n) is 13.6. The lowest BCUT2D eigenvalue weighted by atomic mass is 10.0. The van der Waals surface area contributed by atoms with E-state index in [1.807, 2.05) is 0 Å². The van der Waals surface area contributed by atoms with Gasteiger partial charge in [-0.15, -0.1) is 11.8 Å². The fourth-order valence-electron chi connectivity index (χ4n) is 2.40. The van der Waals surface area contributed by atoms with E-state index >= 15 is 0 Å². The number of oxime groups is 1. The van der Waals surface area contributed by atoms with Crippen LogP contribution in [0.3, 0.4) is 0 Å². The number of aromatic nitrogens is 2. The molecule has 1 saturated heterocycles. The molecular weight excluding hydrogens is 438 g/mol. The number of amides is 2. The molecule has 2 atom stereocenters. The van der Waals surface area contributed by atoms with Crippen LogP contribution in [-0.2, 0) is 24.0 Å². The predicted octanol–water partition coefficient (Wildman–Crippen LogP) is -0.722. The number of rotatable bonds is 7. The highest BCUT2D eigenvalue weighted by Crippen LogP contribution is 2.41. The first kappa shape index (κ1) is 20.0. The van der Waals surface area contributed by atoms with Crippen molar-refractivity contribution in [3.63, 3.8) is 0 Å². The molecule has 148 valence electrons. The van der Waals surface area contributed by atoms with Gasteiger partial charge in [-0.25, -0.2) is 14.6 Å². The van der Waals surface area contributed by atoms with Gasteiger partial charge in [-0.05, 0) is 11.5 Å². The van der Waals surface area contributed by atoms with Crippen LogP contribution in [0, 0.1) is 0 Å². The van der Waals surface area contributed by atoms with Crippen LogP contribution in [0.5, 0.6) is 0 Å². The van der Waals surface area contributed by atoms with Crippen molar-refractivity contribution in [2.75, 3.05) is 12.4 Å². The summed E-state index contributed by atoms with van der Waals surface area (Å²) in [6.45, 7) is -0.791. The lowest BCUT2D eigenvalue weighted by Crippen LogP contribution is -2.71. The first-order valence-electron chi connectivity index (χ1n) is 7.37. The van der Waals surface area contributed by atoms with Gasteiger partial charge in [-0.2, -0.15) is 4.37 Å². The van der Waals surface area contributed by atoms with Crippen LogP contribution in [0.2, 0.25) is 0 Å². The minimum atomic E-state index is -1.34. The minimum absolute atomic E-state index is 0.0304. The number of fused-ring (bicyclic) bond motifs is 1. The smallest absolute Gasteiger partial charge is 0.353 e. The first-order chi connectivity index (χ1) is 13.3. The molecule has 28 heavy (non-hydrogen) atoms. The summed E-state index contributed by atoms with van der Waals surface area (Å²) in [6, 6.07) is -1.03. The number of halogens is 1. The van der Waals surface area contributed by atoms with Crippen molar-refractivity contribution >= 4 is 64.4 Å². The highest BCUT2D eigenvalue weighted by atomic mass is 35.5. The van der Waals surface area contributed by atoms with Gasteiger partial charge in [0.1, 0.15) is 22.6 Å². The number of aliphatic carboxylic acids is 2. The third-order valence-corrected chi connectivity index (χ3v) is 5.77. The fraction of sp³-hybridized carbons (Fsp3) is 0.308. The Hall–Kier alpha value is -2.71. The summed E-state index contributed by atoms with van der Waals surface area (Å²) in [6.07, 6.45) is 0. The Bertz CT molecular complexity index is 903. The lowest BCUT2D eigenvalue weighted by Gasteiger charge is -2.48. The number of β-lactam (4-membered cyclic amide) rings is 1. The number of nitrogens with one attached hydrogen (secondary N) is 1. The standard InChI is InChI=1S/C13H10ClN5O7S2/c14-4-2-27-12-7(11(23)19(12)8(4)13(24)25)16-10(22)6(9-15-3-28-18-9)17-26-1-5(20)21/h3,7,12H,1-2H2,(H,16,22)(H,20,21)(H,24,25)/t7?,12-/m0/s1. The van der Waals surface area contributed by atoms with E-state index in [2.05, 4.69) is 24.7 Å². The van der Waals surface area contributed by atoms with Gasteiger partial charge in [0.25, 0.3) is 11.8 Å². The van der Waals surface area contributed by atoms with Gasteiger partial charge in [0.05, 0.1) is 5.03 Å². The van der Waals surface area contributed by atoms with Gasteiger partial charge in [0.2, 0.25) is 18.1 Å². The molecular formula is C13H10ClN5O7S2. The van der Waals surface area contributed by atoms with Gasteiger partial charge in [-0.3, -0.25) is 14.5 Å². The summed E-state index contributed by atoms with van der Waals surface area (Å²) in [5.74, 6) is -4.12. The molecule has 2 aliphatic heterocycles. The number of hydrogen-bond acceptors (Lipinski definition) is 10. The van der Waals surface area contributed by atoms with Gasteiger partial charge in [0.15, 0.2) is 0 Å². The second-order valence-electron chi connectivity index (χ2n) is 5.28. The molecule has 3 heterocycles. The molecule has 2 amide bonds. The van der Waals surface area contributed by atoms with Crippen LogP contribution in [-0.4, -0.2) is 77.7 Å². The monoisotopic (exact) mass is 447 g/mol. The molecule has 2 aliphatic rings. The highest BCUT2D eigenvalue weighted by molar-refractivity contribution is 8.00. The van der Waals surface area contributed by atoms with E-state index in [9.17, 15) is 24.3 Å². The van der Waals surface area contributed by atoms with Crippen LogP contribution in [0.15, 0.2) is 21.4 Å². The topological polar surface area (TPSA) is 171 Å². The number of carbonyl (C=O) groups is 4. The largest absolute Gasteiger partial charge is 0.479 e. The van der Waals surface area contributed by atoms with Crippen molar-refractivity contribution < 1.29 is 34.2 Å². The van der Waals surface area contributed by atoms with Crippen molar-refractivity contribution in [1.82, 2.24) is 19.6 Å². The highest BCUT2D eigenvalue weighted by Gasteiger charge is 2.54. The number of carbonyl (C=O) groups excluding carboxylic acids is 2. The van der Waals surface area contributed by atoms with Gasteiger partial charge >= 0.3 is 11.9 Å². The normalized spacial score (nSPS) is 21.7. The Balaban J connectivity index is 1.76. The molecule has 3 rings (SSSR count). The zero-order valence-corrected chi connectivity index (χ0v) is 16.0. The van der Waals surface area contributed by atoms with E-state index in [1.54, 1.807) is 0 Å². The molecule has 1 fully saturated rings. The third kappa shape index (κ3) is 3.79. The Morgan fingerprint density at radius 3 is 2.79 bits per heavy atom. The van der Waals surface area contributed by atoms with E-state index in [4.69, 9.17) is 16.7 Å². The molecule has 1 unspecified atom stereocenters. The molecule has 0 aliphatic carbocycles. The van der Waals surface area contributed by atoms with Crippen LogP contribution in [0.1, 0.15) is 5.82 Å². The van der Waals surface area contributed by atoms with E-state index in [1.165, 1.54) is 17.3 Å². The summed E-state index contributed by atoms with van der Waals surface area (Å²) in [7, 11) is 0. The van der Waals surface area contributed by atoms with E-state index in [0.717, 1.165) is 16.4 Å². The SMILES string of the molecule is O=C(O)CON=C(C(=O)NC1C(=O)N2C(C(=O)O)=C(Cl)CS[C@@H]12)c1ncsn1. The summed E-state index contributed by atoms with van der Waals surface area (Å²) < 4.78 is 3.84. The number of carboxylic acid groups (broad SMARTS) is 2. The second kappa shape index (κ2) is 8.12. The molecule has 3 N–H and O–H groups in total. The number of carboxylic acids is 2. The maximum atomic E-state index is 12.5. The van der Waals surface area contributed by atoms with Gasteiger partial charge in [0, 0.05) is 5.75 Å². The fourth-order valence-corrected chi connectivity index (χ4v) is 4.38. The predicted molar refractivity (Wildman–Crippen MR) is 95.6 cm³/mol. The first-order valence-corrected chi connectivity index (χ1v) is 9.63. The van der Waals surface area contributed by atoms with Crippen molar-refractivity contribution in [2.45, 2.75) is 11.4 Å². The van der Waals surface area contributed by atoms with Crippen LogP contribution >= 0.6 is 34.9 Å². The summed E-state index contributed by atoms with van der Waals surface area (Å²) in [5, 5.41) is 23.1. The molecule has 1 aromatic heterocycles. The summed E-state index contributed by atoms with van der Waals surface area (Å²) in [4.78, 5) is 56.2. The lowest BCUT2D eigenvalue weighted by molar-refractivity contribution is -0.150. The molecule has 12 nitrogen and oxygen atoms in total. The maximum Gasteiger partial charge on any atom is 0.353 e. The molecule has 15 heteroatoms. The number of thioether (sulfide) groups is 1. The minimum Gasteiger partial charge on any atom is -0.479 e. The molecule has 0 saturated carbocycles. The molecule has 0 aromatic carbocycles. The number of hydrogen-bond donors (Lipinski definition) is 3. The van der Waals surface area contributed by atoms with Crippen molar-refractivity contribution in [1.29, 1.82) is 0 Å². The van der Waals surface area contributed by atoms with E-state index in [0.29, 0.717) is 0 Å². The molecule has 0 spiro atoms. The Labute approximate surface area is 169 Å². The Kier molecular flexibility index (Phi) is 5.81. The second-order valence-corrected chi connectivity index (χ2v) is 7.45. The van der Waals surface area contributed by atoms with Gasteiger partial charge in [-0.1, -0.05) is 16.8 Å². The quantitative estimate of drug-likeness (QED) is 0.275. The van der Waals surface area contributed by atoms with Crippen LogP contribution < -0.4 is 5.32 Å². The van der Waals surface area contributed by atoms with Crippen molar-refractivity contribution in [3.05, 3.63) is 22.1 Å². The van der Waals surface area contributed by atoms with Crippen molar-refractivity contribution in [2.24, 2.45) is 5.16 Å². The maximum absolute atomic E-state index is 12.5. The summed E-state index contributed by atoms with van der Waals surface area (Å²) in [5.41, 5.74) is 0.594. The molecule has 0 bridgehead atoms. The average molecular weight is 448 g/mol. The Morgan fingerprint density at radius 2 is 2.18 bits per heavy atom. The molecule has 1 aromatic rings. The van der Waals surface area contributed by atoms with Gasteiger partial charge < -0.3 is 20.4 Å².